The molecule has 128 valence electrons. The number of benzene rings is 1. The number of rotatable bonds is 7. The molecule has 0 radical (unpaired) electrons. The van der Waals surface area contributed by atoms with Crippen LogP contribution in [0.2, 0.25) is 0 Å². The third-order valence-corrected chi connectivity index (χ3v) is 5.34. The lowest BCUT2D eigenvalue weighted by Gasteiger charge is -2.09. The lowest BCUT2D eigenvalue weighted by molar-refractivity contribution is -0.134. The van der Waals surface area contributed by atoms with E-state index in [4.69, 9.17) is 4.74 Å². The van der Waals surface area contributed by atoms with Gasteiger partial charge in [-0.05, 0) is 92.7 Å². The molecule has 0 spiro atoms. The summed E-state index contributed by atoms with van der Waals surface area (Å²) >= 11 is 6.42. The largest absolute Gasteiger partial charge is 0.424 e. The van der Waals surface area contributed by atoms with Crippen molar-refractivity contribution in [2.24, 2.45) is 0 Å². The van der Waals surface area contributed by atoms with Crippen molar-refractivity contribution in [3.05, 3.63) is 22.8 Å². The van der Waals surface area contributed by atoms with Crippen molar-refractivity contribution < 1.29 is 22.7 Å². The highest BCUT2D eigenvalue weighted by Crippen LogP contribution is 2.29. The van der Waals surface area contributed by atoms with Crippen molar-refractivity contribution in [1.82, 2.24) is 4.72 Å². The maximum absolute atomic E-state index is 11.8. The first-order chi connectivity index (χ1) is 10.6. The zero-order chi connectivity index (χ0) is 17.6. The Morgan fingerprint density at radius 1 is 1.09 bits per heavy atom. The van der Waals surface area contributed by atoms with Gasteiger partial charge in [0, 0.05) is 16.4 Å². The van der Waals surface area contributed by atoms with Gasteiger partial charge in [0.2, 0.25) is 15.9 Å². The lowest BCUT2D eigenvalue weighted by Crippen LogP contribution is -2.29. The number of ether oxygens (including phenoxy) is 1. The number of nitrogens with one attached hydrogen (secondary N) is 1. The van der Waals surface area contributed by atoms with Gasteiger partial charge in [0.05, 0.1) is 13.4 Å². The molecule has 6 nitrogen and oxygen atoms in total. The van der Waals surface area contributed by atoms with Crippen molar-refractivity contribution in [3.8, 4) is 5.75 Å². The van der Waals surface area contributed by atoms with Crippen molar-refractivity contribution in [2.45, 2.75) is 25.7 Å². The standard InChI is InChI=1S/C13H14I3NO5S/c1-23(20,21)17-11(18)4-2-3-5-12(19)22-13-9(15)6-8(14)7-10(13)16/h6-7H,2-5H2,1H3,(H,17,18). The molecule has 0 saturated heterocycles. The number of amides is 1. The molecule has 1 aromatic rings. The second kappa shape index (κ2) is 9.70. The molecule has 0 aliphatic carbocycles. The summed E-state index contributed by atoms with van der Waals surface area (Å²) in [6.07, 6.45) is 2.01. The van der Waals surface area contributed by atoms with E-state index in [-0.39, 0.29) is 18.8 Å². The number of hydrogen-bond donors (Lipinski definition) is 1. The molecule has 1 amide bonds. The molecule has 1 aromatic carbocycles. The molecule has 1 N–H and O–H groups in total. The minimum Gasteiger partial charge on any atom is -0.424 e. The average Bonchev–Trinajstić information content (AvgIpc) is 2.37. The van der Waals surface area contributed by atoms with Gasteiger partial charge in [0.15, 0.2) is 5.75 Å². The van der Waals surface area contributed by atoms with Crippen molar-refractivity contribution in [3.63, 3.8) is 0 Å². The summed E-state index contributed by atoms with van der Waals surface area (Å²) in [5, 5.41) is 0. The molecule has 0 atom stereocenters. The Morgan fingerprint density at radius 2 is 1.61 bits per heavy atom. The summed E-state index contributed by atoms with van der Waals surface area (Å²) in [5.74, 6) is -0.389. The predicted octanol–water partition coefficient (Wildman–Crippen LogP) is 3.04. The Kier molecular flexibility index (Phi) is 9.00. The minimum absolute atomic E-state index is 0.0545. The van der Waals surface area contributed by atoms with Crippen molar-refractivity contribution in [1.29, 1.82) is 0 Å². The average molecular weight is 677 g/mol. The highest BCUT2D eigenvalue weighted by Gasteiger charge is 2.13. The fourth-order valence-electron chi connectivity index (χ4n) is 1.60. The van der Waals surface area contributed by atoms with Crippen LogP contribution in [0.15, 0.2) is 12.1 Å². The minimum atomic E-state index is -3.52. The molecule has 0 aliphatic rings. The summed E-state index contributed by atoms with van der Waals surface area (Å²) in [5.41, 5.74) is 0. The molecule has 23 heavy (non-hydrogen) atoms. The molecule has 0 saturated carbocycles. The summed E-state index contributed by atoms with van der Waals surface area (Å²) in [6, 6.07) is 3.84. The maximum Gasteiger partial charge on any atom is 0.311 e. The van der Waals surface area contributed by atoms with Crippen LogP contribution in [0.3, 0.4) is 0 Å². The van der Waals surface area contributed by atoms with Gasteiger partial charge < -0.3 is 4.74 Å². The van der Waals surface area contributed by atoms with Gasteiger partial charge in [-0.2, -0.15) is 0 Å². The van der Waals surface area contributed by atoms with E-state index >= 15 is 0 Å². The van der Waals surface area contributed by atoms with Crippen molar-refractivity contribution in [2.75, 3.05) is 6.26 Å². The summed E-state index contributed by atoms with van der Waals surface area (Å²) in [7, 11) is -3.52. The van der Waals surface area contributed by atoms with Gasteiger partial charge in [0.25, 0.3) is 0 Å². The summed E-state index contributed by atoms with van der Waals surface area (Å²) in [4.78, 5) is 23.2. The molecule has 0 heterocycles. The number of unbranched alkanes of at least 4 members (excludes halogenated alkanes) is 1. The number of hydrogen-bond acceptors (Lipinski definition) is 5. The number of halogens is 3. The van der Waals surface area contributed by atoms with Crippen LogP contribution in [0, 0.1) is 10.7 Å². The molecule has 0 aliphatic heterocycles. The molecule has 1 rings (SSSR count). The Hall–Kier alpha value is 0.300. The monoisotopic (exact) mass is 677 g/mol. The normalized spacial score (nSPS) is 11.1. The quantitative estimate of drug-likeness (QED) is 0.208. The Labute approximate surface area is 176 Å². The second-order valence-corrected chi connectivity index (χ2v) is 10.00. The summed E-state index contributed by atoms with van der Waals surface area (Å²) < 4.78 is 31.8. The van der Waals surface area contributed by atoms with E-state index in [9.17, 15) is 18.0 Å². The number of carbonyl (C=O) groups excluding carboxylic acids is 2. The van der Waals surface area contributed by atoms with Crippen LogP contribution >= 0.6 is 67.8 Å². The third kappa shape index (κ3) is 8.81. The van der Waals surface area contributed by atoms with Gasteiger partial charge in [-0.25, -0.2) is 8.42 Å². The second-order valence-electron chi connectivity index (χ2n) is 4.68. The summed E-state index contributed by atoms with van der Waals surface area (Å²) in [6.45, 7) is 0. The predicted molar refractivity (Wildman–Crippen MR) is 112 cm³/mol. The van der Waals surface area contributed by atoms with Crippen LogP contribution in [0.25, 0.3) is 0 Å². The lowest BCUT2D eigenvalue weighted by atomic mass is 10.2. The zero-order valence-electron chi connectivity index (χ0n) is 12.1. The van der Waals surface area contributed by atoms with Crippen LogP contribution < -0.4 is 9.46 Å². The molecule has 10 heteroatoms. The van der Waals surface area contributed by atoms with E-state index in [1.807, 2.05) is 16.9 Å². The van der Waals surface area contributed by atoms with Gasteiger partial charge in [-0.15, -0.1) is 0 Å². The SMILES string of the molecule is CS(=O)(=O)NC(=O)CCCCC(=O)Oc1c(I)cc(I)cc1I. The number of sulfonamides is 1. The van der Waals surface area contributed by atoms with E-state index in [1.165, 1.54) is 0 Å². The molecule has 0 aromatic heterocycles. The van der Waals surface area contributed by atoms with E-state index in [0.29, 0.717) is 18.6 Å². The highest BCUT2D eigenvalue weighted by atomic mass is 127. The molecule has 0 fully saturated rings. The Bertz CT molecular complexity index is 683. The van der Waals surface area contributed by atoms with Crippen LogP contribution in [-0.2, 0) is 19.6 Å². The van der Waals surface area contributed by atoms with Gasteiger partial charge in [-0.1, -0.05) is 0 Å². The van der Waals surface area contributed by atoms with Crippen LogP contribution in [0.5, 0.6) is 5.75 Å². The highest BCUT2D eigenvalue weighted by molar-refractivity contribution is 14.1. The Balaban J connectivity index is 2.40. The van der Waals surface area contributed by atoms with Gasteiger partial charge in [-0.3, -0.25) is 14.3 Å². The van der Waals surface area contributed by atoms with Crippen molar-refractivity contribution >= 4 is 89.7 Å². The molecule has 0 unspecified atom stereocenters. The first kappa shape index (κ1) is 21.3. The number of carbonyl (C=O) groups is 2. The smallest absolute Gasteiger partial charge is 0.311 e. The van der Waals surface area contributed by atoms with Crippen LogP contribution in [0.1, 0.15) is 25.7 Å². The molecular formula is C13H14I3NO5S. The zero-order valence-corrected chi connectivity index (χ0v) is 19.4. The van der Waals surface area contributed by atoms with E-state index in [0.717, 1.165) is 17.0 Å². The van der Waals surface area contributed by atoms with E-state index < -0.39 is 15.9 Å². The Morgan fingerprint density at radius 3 is 2.13 bits per heavy atom. The van der Waals surface area contributed by atoms with E-state index in [2.05, 4.69) is 67.8 Å². The van der Waals surface area contributed by atoms with Gasteiger partial charge in [0.1, 0.15) is 0 Å². The molecular weight excluding hydrogens is 663 g/mol. The third-order valence-electron chi connectivity index (χ3n) is 2.51. The maximum atomic E-state index is 11.8. The first-order valence-corrected chi connectivity index (χ1v) is 11.6. The fourth-order valence-corrected chi connectivity index (χ4v) is 5.92. The molecule has 0 bridgehead atoms. The van der Waals surface area contributed by atoms with E-state index in [1.54, 1.807) is 0 Å². The van der Waals surface area contributed by atoms with Crippen LogP contribution in [-0.4, -0.2) is 26.6 Å². The first-order valence-electron chi connectivity index (χ1n) is 6.44. The number of esters is 1. The van der Waals surface area contributed by atoms with Crippen LogP contribution in [0.4, 0.5) is 0 Å². The fraction of sp³-hybridized carbons (Fsp3) is 0.385. The van der Waals surface area contributed by atoms with Gasteiger partial charge >= 0.3 is 5.97 Å². The topological polar surface area (TPSA) is 89.5 Å².